The lowest BCUT2D eigenvalue weighted by molar-refractivity contribution is -0.384. The van der Waals surface area contributed by atoms with Crippen molar-refractivity contribution in [1.82, 2.24) is 9.88 Å². The second kappa shape index (κ2) is 7.56. The van der Waals surface area contributed by atoms with Crippen LogP contribution in [0, 0.1) is 10.1 Å². The number of amides is 1. The van der Waals surface area contributed by atoms with E-state index in [4.69, 9.17) is 11.6 Å². The van der Waals surface area contributed by atoms with Crippen molar-refractivity contribution in [2.45, 2.75) is 0 Å². The molecule has 1 amide bonds. The summed E-state index contributed by atoms with van der Waals surface area (Å²) in [4.78, 5) is 42.2. The summed E-state index contributed by atoms with van der Waals surface area (Å²) in [5, 5.41) is 12.3. The number of carbonyl (C=O) groups is 1. The average Bonchev–Trinajstić information content (AvgIpc) is 2.72. The SMILES string of the molecule is O=C(c1cc(=O)[nH]c2ccccc12)N1CCN(c2ccc(Cl)cc2[N+](=O)[O-])CC1. The Bertz CT molecular complexity index is 1170. The van der Waals surface area contributed by atoms with Gasteiger partial charge in [0.1, 0.15) is 5.69 Å². The fraction of sp³-hybridized carbons (Fsp3) is 0.200. The second-order valence-electron chi connectivity index (χ2n) is 6.76. The van der Waals surface area contributed by atoms with Crippen LogP contribution in [-0.2, 0) is 0 Å². The molecule has 2 aromatic carbocycles. The third-order valence-electron chi connectivity index (χ3n) is 5.02. The van der Waals surface area contributed by atoms with E-state index in [1.807, 2.05) is 11.0 Å². The predicted octanol–water partition coefficient (Wildman–Crippen LogP) is 3.05. The van der Waals surface area contributed by atoms with Crippen molar-refractivity contribution in [2.24, 2.45) is 0 Å². The van der Waals surface area contributed by atoms with Crippen LogP contribution >= 0.6 is 11.6 Å². The number of rotatable bonds is 3. The van der Waals surface area contributed by atoms with E-state index in [1.165, 1.54) is 12.1 Å². The molecule has 1 aromatic heterocycles. The molecular formula is C20H17ClN4O4. The highest BCUT2D eigenvalue weighted by molar-refractivity contribution is 6.30. The lowest BCUT2D eigenvalue weighted by Crippen LogP contribution is -2.49. The molecule has 2 heterocycles. The van der Waals surface area contributed by atoms with Crippen molar-refractivity contribution >= 4 is 39.8 Å². The molecule has 4 rings (SSSR count). The Morgan fingerprint density at radius 2 is 1.79 bits per heavy atom. The Morgan fingerprint density at radius 3 is 2.52 bits per heavy atom. The fourth-order valence-corrected chi connectivity index (χ4v) is 3.78. The molecule has 0 aliphatic carbocycles. The maximum Gasteiger partial charge on any atom is 0.294 e. The Kier molecular flexibility index (Phi) is 4.94. The number of hydrogen-bond donors (Lipinski definition) is 1. The minimum Gasteiger partial charge on any atom is -0.362 e. The number of benzene rings is 2. The first-order valence-electron chi connectivity index (χ1n) is 9.04. The van der Waals surface area contributed by atoms with Crippen molar-refractivity contribution in [3.05, 3.63) is 79.6 Å². The number of aromatic nitrogens is 1. The Balaban J connectivity index is 1.56. The highest BCUT2D eigenvalue weighted by Crippen LogP contribution is 2.31. The van der Waals surface area contributed by atoms with Gasteiger partial charge in [0.2, 0.25) is 5.56 Å². The van der Waals surface area contributed by atoms with Gasteiger partial charge in [0.15, 0.2) is 0 Å². The van der Waals surface area contributed by atoms with Crippen LogP contribution in [-0.4, -0.2) is 46.9 Å². The predicted molar refractivity (Wildman–Crippen MR) is 111 cm³/mol. The number of nitrogens with zero attached hydrogens (tertiary/aromatic N) is 3. The second-order valence-corrected chi connectivity index (χ2v) is 7.20. The summed E-state index contributed by atoms with van der Waals surface area (Å²) in [6.07, 6.45) is 0. The zero-order valence-electron chi connectivity index (χ0n) is 15.3. The van der Waals surface area contributed by atoms with Gasteiger partial charge in [0.05, 0.1) is 10.5 Å². The smallest absolute Gasteiger partial charge is 0.294 e. The normalized spacial score (nSPS) is 14.2. The molecule has 1 aliphatic rings. The summed E-state index contributed by atoms with van der Waals surface area (Å²) in [6, 6.07) is 13.1. The van der Waals surface area contributed by atoms with Crippen molar-refractivity contribution in [3.63, 3.8) is 0 Å². The van der Waals surface area contributed by atoms with Gasteiger partial charge in [-0.3, -0.25) is 19.7 Å². The molecule has 0 spiro atoms. The molecule has 1 N–H and O–H groups in total. The Morgan fingerprint density at radius 1 is 1.07 bits per heavy atom. The van der Waals surface area contributed by atoms with Crippen LogP contribution in [0.5, 0.6) is 0 Å². The number of carbonyl (C=O) groups excluding carboxylic acids is 1. The number of hydrogen-bond acceptors (Lipinski definition) is 5. The van der Waals surface area contributed by atoms with E-state index in [2.05, 4.69) is 4.98 Å². The first-order valence-corrected chi connectivity index (χ1v) is 9.42. The summed E-state index contributed by atoms with van der Waals surface area (Å²) in [6.45, 7) is 1.66. The van der Waals surface area contributed by atoms with Gasteiger partial charge < -0.3 is 14.8 Å². The zero-order chi connectivity index (χ0) is 20.5. The van der Waals surface area contributed by atoms with Crippen LogP contribution in [0.15, 0.2) is 53.3 Å². The van der Waals surface area contributed by atoms with Crippen LogP contribution in [0.1, 0.15) is 10.4 Å². The number of pyridine rings is 1. The van der Waals surface area contributed by atoms with Crippen LogP contribution in [0.3, 0.4) is 0 Å². The highest BCUT2D eigenvalue weighted by Gasteiger charge is 2.27. The number of aromatic amines is 1. The summed E-state index contributed by atoms with van der Waals surface area (Å²) in [5.41, 5.74) is 1.06. The van der Waals surface area contributed by atoms with Gasteiger partial charge in [-0.05, 0) is 18.2 Å². The number of piperazine rings is 1. The molecule has 1 fully saturated rings. The summed E-state index contributed by atoms with van der Waals surface area (Å²) >= 11 is 5.89. The molecular weight excluding hydrogens is 396 g/mol. The zero-order valence-corrected chi connectivity index (χ0v) is 16.1. The minimum atomic E-state index is -0.457. The molecule has 8 nitrogen and oxygen atoms in total. The van der Waals surface area contributed by atoms with Gasteiger partial charge >= 0.3 is 0 Å². The monoisotopic (exact) mass is 412 g/mol. The quantitative estimate of drug-likeness (QED) is 0.526. The highest BCUT2D eigenvalue weighted by atomic mass is 35.5. The van der Waals surface area contributed by atoms with Crippen molar-refractivity contribution < 1.29 is 9.72 Å². The van der Waals surface area contributed by atoms with Gasteiger partial charge in [-0.25, -0.2) is 0 Å². The van der Waals surface area contributed by atoms with E-state index in [9.17, 15) is 19.7 Å². The number of H-pyrrole nitrogens is 1. The molecule has 1 aliphatic heterocycles. The number of nitro groups is 1. The van der Waals surface area contributed by atoms with E-state index in [1.54, 1.807) is 35.2 Å². The number of para-hydroxylation sites is 1. The van der Waals surface area contributed by atoms with Crippen LogP contribution < -0.4 is 10.5 Å². The van der Waals surface area contributed by atoms with Gasteiger partial charge in [-0.1, -0.05) is 29.8 Å². The Hall–Kier alpha value is -3.39. The molecule has 148 valence electrons. The van der Waals surface area contributed by atoms with E-state index >= 15 is 0 Å². The molecule has 0 radical (unpaired) electrons. The van der Waals surface area contributed by atoms with Crippen LogP contribution in [0.4, 0.5) is 11.4 Å². The number of fused-ring (bicyclic) bond motifs is 1. The molecule has 0 bridgehead atoms. The molecule has 9 heteroatoms. The maximum absolute atomic E-state index is 13.1. The molecule has 29 heavy (non-hydrogen) atoms. The third kappa shape index (κ3) is 3.66. The van der Waals surface area contributed by atoms with Crippen LogP contribution in [0.2, 0.25) is 5.02 Å². The number of nitrogens with one attached hydrogen (secondary N) is 1. The minimum absolute atomic E-state index is 0.0575. The first kappa shape index (κ1) is 18.9. The van der Waals surface area contributed by atoms with E-state index in [0.29, 0.717) is 53.4 Å². The number of nitro benzene ring substituents is 1. The van der Waals surface area contributed by atoms with Gasteiger partial charge in [0.25, 0.3) is 11.6 Å². The summed E-state index contributed by atoms with van der Waals surface area (Å²) in [5.74, 6) is -0.224. The average molecular weight is 413 g/mol. The van der Waals surface area contributed by atoms with Gasteiger partial charge in [-0.2, -0.15) is 0 Å². The van der Waals surface area contributed by atoms with Gasteiger partial charge in [-0.15, -0.1) is 0 Å². The van der Waals surface area contributed by atoms with E-state index in [0.717, 1.165) is 0 Å². The van der Waals surface area contributed by atoms with Crippen molar-refractivity contribution in [3.8, 4) is 0 Å². The standard InChI is InChI=1S/C20H17ClN4O4/c21-13-5-6-17(18(11-13)25(28)29)23-7-9-24(10-8-23)20(27)15-12-19(26)22-16-4-2-1-3-14(15)16/h1-6,11-12H,7-10H2,(H,22,26). The fourth-order valence-electron chi connectivity index (χ4n) is 3.61. The third-order valence-corrected chi connectivity index (χ3v) is 5.26. The van der Waals surface area contributed by atoms with Gasteiger partial charge in [0, 0.05) is 54.2 Å². The first-order chi connectivity index (χ1) is 13.9. The van der Waals surface area contributed by atoms with Crippen LogP contribution in [0.25, 0.3) is 10.9 Å². The molecule has 0 atom stereocenters. The van der Waals surface area contributed by atoms with Crippen molar-refractivity contribution in [2.75, 3.05) is 31.1 Å². The molecule has 0 saturated carbocycles. The Labute approximate surface area is 170 Å². The maximum atomic E-state index is 13.1. The molecule has 1 saturated heterocycles. The molecule has 3 aromatic rings. The topological polar surface area (TPSA) is 99.6 Å². The largest absolute Gasteiger partial charge is 0.362 e. The lowest BCUT2D eigenvalue weighted by atomic mass is 10.1. The number of halogens is 1. The van der Waals surface area contributed by atoms with E-state index < -0.39 is 4.92 Å². The lowest BCUT2D eigenvalue weighted by Gasteiger charge is -2.36. The molecule has 0 unspecified atom stereocenters. The number of anilines is 1. The van der Waals surface area contributed by atoms with E-state index in [-0.39, 0.29) is 17.2 Å². The van der Waals surface area contributed by atoms with Crippen molar-refractivity contribution in [1.29, 1.82) is 0 Å². The summed E-state index contributed by atoms with van der Waals surface area (Å²) < 4.78 is 0. The summed E-state index contributed by atoms with van der Waals surface area (Å²) in [7, 11) is 0.